The highest BCUT2D eigenvalue weighted by Gasteiger charge is 2.20. The second kappa shape index (κ2) is 7.85. The summed E-state index contributed by atoms with van der Waals surface area (Å²) in [6.45, 7) is 5.49. The average molecular weight is 398 g/mol. The summed E-state index contributed by atoms with van der Waals surface area (Å²) in [5.74, 6) is 1.40. The Morgan fingerprint density at radius 3 is 1.96 bits per heavy atom. The SMILES string of the molecule is COc1ccc(Nc2ccc(NS(=O)(=O)c3c(C)cc(C)cc3C)nn2)cc1. The molecule has 0 bridgehead atoms. The summed E-state index contributed by atoms with van der Waals surface area (Å²) in [4.78, 5) is 0.264. The van der Waals surface area contributed by atoms with Gasteiger partial charge in [-0.3, -0.25) is 4.72 Å². The van der Waals surface area contributed by atoms with Crippen LogP contribution >= 0.6 is 0 Å². The zero-order valence-corrected chi connectivity index (χ0v) is 17.0. The molecule has 8 heteroatoms. The van der Waals surface area contributed by atoms with Gasteiger partial charge in [0, 0.05) is 5.69 Å². The number of nitrogens with one attached hydrogen (secondary N) is 2. The van der Waals surface area contributed by atoms with Gasteiger partial charge in [0.2, 0.25) is 0 Å². The molecule has 0 saturated heterocycles. The highest BCUT2D eigenvalue weighted by molar-refractivity contribution is 7.92. The van der Waals surface area contributed by atoms with E-state index in [9.17, 15) is 8.42 Å². The van der Waals surface area contributed by atoms with Crippen LogP contribution in [0.15, 0.2) is 53.4 Å². The molecule has 0 aliphatic rings. The summed E-state index contributed by atoms with van der Waals surface area (Å²) in [7, 11) is -2.15. The third-order valence-corrected chi connectivity index (χ3v) is 5.80. The lowest BCUT2D eigenvalue weighted by Crippen LogP contribution is -2.17. The van der Waals surface area contributed by atoms with E-state index in [4.69, 9.17) is 4.74 Å². The second-order valence-electron chi connectivity index (χ2n) is 6.49. The van der Waals surface area contributed by atoms with Gasteiger partial charge < -0.3 is 10.1 Å². The lowest BCUT2D eigenvalue weighted by Gasteiger charge is -2.13. The third kappa shape index (κ3) is 4.40. The molecular weight excluding hydrogens is 376 g/mol. The van der Waals surface area contributed by atoms with Gasteiger partial charge in [-0.25, -0.2) is 8.42 Å². The minimum atomic E-state index is -3.76. The van der Waals surface area contributed by atoms with E-state index in [1.54, 1.807) is 33.1 Å². The summed E-state index contributed by atoms with van der Waals surface area (Å²) >= 11 is 0. The van der Waals surface area contributed by atoms with Crippen molar-refractivity contribution in [3.8, 4) is 5.75 Å². The van der Waals surface area contributed by atoms with Gasteiger partial charge in [0.05, 0.1) is 12.0 Å². The van der Waals surface area contributed by atoms with Gasteiger partial charge in [0.1, 0.15) is 5.75 Å². The highest BCUT2D eigenvalue weighted by atomic mass is 32.2. The molecule has 2 N–H and O–H groups in total. The number of aromatic nitrogens is 2. The van der Waals surface area contributed by atoms with Crippen LogP contribution in [-0.4, -0.2) is 25.7 Å². The van der Waals surface area contributed by atoms with Crippen molar-refractivity contribution in [3.63, 3.8) is 0 Å². The molecule has 0 aliphatic carbocycles. The van der Waals surface area contributed by atoms with Gasteiger partial charge in [0.25, 0.3) is 10.0 Å². The van der Waals surface area contributed by atoms with E-state index < -0.39 is 10.0 Å². The van der Waals surface area contributed by atoms with Crippen LogP contribution in [-0.2, 0) is 10.0 Å². The Kier molecular flexibility index (Phi) is 5.51. The van der Waals surface area contributed by atoms with Gasteiger partial charge in [0.15, 0.2) is 11.6 Å². The normalized spacial score (nSPS) is 11.1. The summed E-state index contributed by atoms with van der Waals surface area (Å²) in [6.07, 6.45) is 0. The summed E-state index contributed by atoms with van der Waals surface area (Å²) in [6, 6.07) is 14.2. The van der Waals surface area contributed by atoms with Crippen molar-refractivity contribution in [3.05, 3.63) is 65.2 Å². The fraction of sp³-hybridized carbons (Fsp3) is 0.200. The number of ether oxygens (including phenoxy) is 1. The molecule has 2 aromatic carbocycles. The van der Waals surface area contributed by atoms with Crippen LogP contribution in [0, 0.1) is 20.8 Å². The number of methoxy groups -OCH3 is 1. The van der Waals surface area contributed by atoms with E-state index in [1.165, 1.54) is 0 Å². The van der Waals surface area contributed by atoms with Crippen molar-refractivity contribution in [1.82, 2.24) is 10.2 Å². The molecule has 28 heavy (non-hydrogen) atoms. The zero-order chi connectivity index (χ0) is 20.3. The minimum absolute atomic E-state index is 0.152. The van der Waals surface area contributed by atoms with Gasteiger partial charge in [-0.05, 0) is 68.3 Å². The van der Waals surface area contributed by atoms with Gasteiger partial charge in [-0.15, -0.1) is 10.2 Å². The van der Waals surface area contributed by atoms with Gasteiger partial charge >= 0.3 is 0 Å². The second-order valence-corrected chi connectivity index (χ2v) is 8.11. The Labute approximate surface area is 164 Å². The molecular formula is C20H22N4O3S. The van der Waals surface area contributed by atoms with E-state index in [-0.39, 0.29) is 10.7 Å². The predicted molar refractivity (Wildman–Crippen MR) is 110 cm³/mol. The molecule has 0 aliphatic heterocycles. The standard InChI is InChI=1S/C20H22N4O3S/c1-13-11-14(2)20(15(3)12-13)28(25,26)24-19-10-9-18(22-23-19)21-16-5-7-17(27-4)8-6-16/h5-12H,1-4H3,(H,21,22)(H,23,24). The lowest BCUT2D eigenvalue weighted by atomic mass is 10.1. The van der Waals surface area contributed by atoms with Gasteiger partial charge in [-0.2, -0.15) is 0 Å². The maximum atomic E-state index is 12.8. The number of rotatable bonds is 6. The Balaban J connectivity index is 1.76. The molecule has 0 atom stereocenters. The lowest BCUT2D eigenvalue weighted by molar-refractivity contribution is 0.415. The summed E-state index contributed by atoms with van der Waals surface area (Å²) < 4.78 is 33.2. The number of sulfonamides is 1. The maximum Gasteiger partial charge on any atom is 0.263 e. The molecule has 0 fully saturated rings. The largest absolute Gasteiger partial charge is 0.497 e. The van der Waals surface area contributed by atoms with Crippen molar-refractivity contribution < 1.29 is 13.2 Å². The minimum Gasteiger partial charge on any atom is -0.497 e. The molecule has 3 aromatic rings. The van der Waals surface area contributed by atoms with Crippen LogP contribution < -0.4 is 14.8 Å². The Bertz CT molecular complexity index is 1060. The van der Waals surface area contributed by atoms with Crippen LogP contribution in [0.2, 0.25) is 0 Å². The molecule has 0 radical (unpaired) electrons. The Morgan fingerprint density at radius 2 is 1.43 bits per heavy atom. The van der Waals surface area contributed by atoms with Crippen LogP contribution in [0.1, 0.15) is 16.7 Å². The average Bonchev–Trinajstić information content (AvgIpc) is 2.62. The molecule has 0 saturated carbocycles. The Morgan fingerprint density at radius 1 is 0.857 bits per heavy atom. The summed E-state index contributed by atoms with van der Waals surface area (Å²) in [5, 5.41) is 11.1. The zero-order valence-electron chi connectivity index (χ0n) is 16.1. The van der Waals surface area contributed by atoms with Crippen molar-refractivity contribution in [2.45, 2.75) is 25.7 Å². The van der Waals surface area contributed by atoms with Gasteiger partial charge in [-0.1, -0.05) is 17.7 Å². The molecule has 7 nitrogen and oxygen atoms in total. The van der Waals surface area contributed by atoms with Crippen LogP contribution in [0.4, 0.5) is 17.3 Å². The monoisotopic (exact) mass is 398 g/mol. The maximum absolute atomic E-state index is 12.8. The number of aryl methyl sites for hydroxylation is 3. The molecule has 0 spiro atoms. The van der Waals surface area contributed by atoms with Crippen molar-refractivity contribution >= 4 is 27.3 Å². The first-order valence-electron chi connectivity index (χ1n) is 8.64. The van der Waals surface area contributed by atoms with Crippen LogP contribution in [0.3, 0.4) is 0 Å². The van der Waals surface area contributed by atoms with Crippen molar-refractivity contribution in [2.24, 2.45) is 0 Å². The molecule has 1 aromatic heterocycles. The number of nitrogens with zero attached hydrogens (tertiary/aromatic N) is 2. The number of hydrogen-bond donors (Lipinski definition) is 2. The predicted octanol–water partition coefficient (Wildman–Crippen LogP) is 3.95. The van der Waals surface area contributed by atoms with Crippen LogP contribution in [0.25, 0.3) is 0 Å². The number of benzene rings is 2. The van der Waals surface area contributed by atoms with Crippen molar-refractivity contribution in [2.75, 3.05) is 17.1 Å². The van der Waals surface area contributed by atoms with E-state index in [0.717, 1.165) is 17.0 Å². The molecule has 3 rings (SSSR count). The van der Waals surface area contributed by atoms with E-state index in [2.05, 4.69) is 20.2 Å². The van der Waals surface area contributed by atoms with Crippen LogP contribution in [0.5, 0.6) is 5.75 Å². The first-order valence-corrected chi connectivity index (χ1v) is 10.1. The fourth-order valence-electron chi connectivity index (χ4n) is 3.05. The topological polar surface area (TPSA) is 93.2 Å². The molecule has 0 amide bonds. The molecule has 146 valence electrons. The molecule has 0 unspecified atom stereocenters. The molecule has 1 heterocycles. The highest BCUT2D eigenvalue weighted by Crippen LogP contribution is 2.24. The first kappa shape index (κ1) is 19.6. The van der Waals surface area contributed by atoms with Crippen molar-refractivity contribution in [1.29, 1.82) is 0 Å². The Hall–Kier alpha value is -3.13. The van der Waals surface area contributed by atoms with E-state index >= 15 is 0 Å². The van der Waals surface area contributed by atoms with E-state index in [1.807, 2.05) is 43.3 Å². The third-order valence-electron chi connectivity index (χ3n) is 4.14. The fourth-order valence-corrected chi connectivity index (χ4v) is 4.51. The number of hydrogen-bond acceptors (Lipinski definition) is 6. The first-order chi connectivity index (χ1) is 13.3. The van der Waals surface area contributed by atoms with E-state index in [0.29, 0.717) is 16.9 Å². The number of anilines is 3. The summed E-state index contributed by atoms with van der Waals surface area (Å²) in [5.41, 5.74) is 3.21. The quantitative estimate of drug-likeness (QED) is 0.653. The smallest absolute Gasteiger partial charge is 0.263 e.